The molecule has 0 saturated carbocycles. The molecule has 0 bridgehead atoms. The molecular formula is C11H20N2O. The second-order valence-corrected chi connectivity index (χ2v) is 4.29. The van der Waals surface area contributed by atoms with Crippen LogP contribution in [0.1, 0.15) is 32.9 Å². The van der Waals surface area contributed by atoms with E-state index >= 15 is 0 Å². The summed E-state index contributed by atoms with van der Waals surface area (Å²) in [6.07, 6.45) is 3.32. The fourth-order valence-electron chi connectivity index (χ4n) is 1.44. The third-order valence-corrected chi connectivity index (χ3v) is 2.16. The Bertz CT molecular complexity index is 266. The molecule has 0 aliphatic heterocycles. The van der Waals surface area contributed by atoms with Crippen LogP contribution in [0.2, 0.25) is 0 Å². The highest BCUT2D eigenvalue weighted by atomic mass is 16.3. The molecule has 0 aliphatic rings. The van der Waals surface area contributed by atoms with Gasteiger partial charge >= 0.3 is 0 Å². The summed E-state index contributed by atoms with van der Waals surface area (Å²) in [5, 5.41) is 13.5. The molecule has 1 atom stereocenters. The fraction of sp³-hybridized carbons (Fsp3) is 0.727. The molecule has 0 radical (unpaired) electrons. The number of aromatic nitrogens is 2. The number of aliphatic hydroxyl groups excluding tert-OH is 1. The van der Waals surface area contributed by atoms with Crippen LogP contribution in [-0.2, 0) is 13.0 Å². The summed E-state index contributed by atoms with van der Waals surface area (Å²) in [6, 6.07) is 2.03. The van der Waals surface area contributed by atoms with Crippen LogP contribution < -0.4 is 0 Å². The van der Waals surface area contributed by atoms with Crippen molar-refractivity contribution >= 4 is 0 Å². The molecule has 14 heavy (non-hydrogen) atoms. The highest BCUT2D eigenvalue weighted by Crippen LogP contribution is 2.07. The SMILES string of the molecule is CC(C)Cn1nccc1CC[C@@H](C)O. The van der Waals surface area contributed by atoms with Crippen molar-refractivity contribution in [3.63, 3.8) is 0 Å². The highest BCUT2D eigenvalue weighted by Gasteiger charge is 2.05. The van der Waals surface area contributed by atoms with Crippen molar-refractivity contribution < 1.29 is 5.11 Å². The smallest absolute Gasteiger partial charge is 0.0515 e. The van der Waals surface area contributed by atoms with Gasteiger partial charge in [0, 0.05) is 18.4 Å². The summed E-state index contributed by atoms with van der Waals surface area (Å²) in [6.45, 7) is 7.14. The zero-order valence-electron chi connectivity index (χ0n) is 9.27. The average Bonchev–Trinajstić information content (AvgIpc) is 2.47. The zero-order valence-corrected chi connectivity index (χ0v) is 9.27. The van der Waals surface area contributed by atoms with E-state index in [1.54, 1.807) is 0 Å². The van der Waals surface area contributed by atoms with Crippen molar-refractivity contribution in [1.29, 1.82) is 0 Å². The maximum atomic E-state index is 9.19. The lowest BCUT2D eigenvalue weighted by molar-refractivity contribution is 0.184. The van der Waals surface area contributed by atoms with Gasteiger partial charge in [-0.15, -0.1) is 0 Å². The van der Waals surface area contributed by atoms with Crippen molar-refractivity contribution in [2.24, 2.45) is 5.92 Å². The van der Waals surface area contributed by atoms with E-state index in [1.165, 1.54) is 5.69 Å². The molecule has 0 aromatic carbocycles. The quantitative estimate of drug-likeness (QED) is 0.780. The molecule has 80 valence electrons. The Morgan fingerprint density at radius 1 is 1.43 bits per heavy atom. The van der Waals surface area contributed by atoms with Gasteiger partial charge in [-0.1, -0.05) is 13.8 Å². The van der Waals surface area contributed by atoms with Gasteiger partial charge in [-0.3, -0.25) is 4.68 Å². The molecule has 0 amide bonds. The summed E-state index contributed by atoms with van der Waals surface area (Å²) in [7, 11) is 0. The number of hydrogen-bond acceptors (Lipinski definition) is 2. The first kappa shape index (κ1) is 11.2. The van der Waals surface area contributed by atoms with Crippen LogP contribution in [0.4, 0.5) is 0 Å². The molecule has 0 unspecified atom stereocenters. The second kappa shape index (κ2) is 5.15. The van der Waals surface area contributed by atoms with Crippen LogP contribution in [0.5, 0.6) is 0 Å². The summed E-state index contributed by atoms with van der Waals surface area (Å²) in [5.41, 5.74) is 1.22. The molecule has 1 heterocycles. The van der Waals surface area contributed by atoms with E-state index in [9.17, 15) is 5.11 Å². The van der Waals surface area contributed by atoms with Crippen LogP contribution in [0.15, 0.2) is 12.3 Å². The monoisotopic (exact) mass is 196 g/mol. The minimum Gasteiger partial charge on any atom is -0.393 e. The first-order valence-electron chi connectivity index (χ1n) is 5.28. The molecule has 3 heteroatoms. The predicted molar refractivity (Wildman–Crippen MR) is 57.1 cm³/mol. The molecule has 3 nitrogen and oxygen atoms in total. The lowest BCUT2D eigenvalue weighted by Gasteiger charge is -2.10. The lowest BCUT2D eigenvalue weighted by atomic mass is 10.1. The van der Waals surface area contributed by atoms with Crippen molar-refractivity contribution in [2.75, 3.05) is 0 Å². The average molecular weight is 196 g/mol. The van der Waals surface area contributed by atoms with Crippen LogP contribution in [0, 0.1) is 5.92 Å². The highest BCUT2D eigenvalue weighted by molar-refractivity contribution is 5.00. The Hall–Kier alpha value is -0.830. The molecule has 1 aromatic heterocycles. The molecule has 0 saturated heterocycles. The van der Waals surface area contributed by atoms with Gasteiger partial charge in [0.05, 0.1) is 6.10 Å². The Balaban J connectivity index is 2.53. The molecule has 0 spiro atoms. The molecule has 1 aromatic rings. The van der Waals surface area contributed by atoms with Crippen LogP contribution >= 0.6 is 0 Å². The van der Waals surface area contributed by atoms with E-state index in [1.807, 2.05) is 23.9 Å². The minimum atomic E-state index is -0.225. The van der Waals surface area contributed by atoms with E-state index in [4.69, 9.17) is 0 Å². The first-order chi connectivity index (χ1) is 6.59. The van der Waals surface area contributed by atoms with Gasteiger partial charge in [0.1, 0.15) is 0 Å². The predicted octanol–water partition coefficient (Wildman–Crippen LogP) is 1.85. The van der Waals surface area contributed by atoms with E-state index in [0.29, 0.717) is 5.92 Å². The van der Waals surface area contributed by atoms with Gasteiger partial charge in [0.25, 0.3) is 0 Å². The summed E-state index contributed by atoms with van der Waals surface area (Å²) < 4.78 is 2.03. The van der Waals surface area contributed by atoms with Crippen molar-refractivity contribution in [2.45, 2.75) is 46.3 Å². The molecule has 1 N–H and O–H groups in total. The number of rotatable bonds is 5. The Morgan fingerprint density at radius 3 is 2.71 bits per heavy atom. The third kappa shape index (κ3) is 3.50. The van der Waals surface area contributed by atoms with E-state index in [0.717, 1.165) is 19.4 Å². The lowest BCUT2D eigenvalue weighted by Crippen LogP contribution is -2.11. The van der Waals surface area contributed by atoms with E-state index in [-0.39, 0.29) is 6.10 Å². The molecule has 1 rings (SSSR count). The van der Waals surface area contributed by atoms with Gasteiger partial charge in [0.2, 0.25) is 0 Å². The normalized spacial score (nSPS) is 13.5. The van der Waals surface area contributed by atoms with Crippen LogP contribution in [0.3, 0.4) is 0 Å². The standard InChI is InChI=1S/C11H20N2O/c1-9(2)8-13-11(6-7-12-13)5-4-10(3)14/h6-7,9-10,14H,4-5,8H2,1-3H3/t10-/m1/s1. The largest absolute Gasteiger partial charge is 0.393 e. The maximum Gasteiger partial charge on any atom is 0.0515 e. The van der Waals surface area contributed by atoms with Gasteiger partial charge in [-0.05, 0) is 31.7 Å². The number of aryl methyl sites for hydroxylation is 1. The zero-order chi connectivity index (χ0) is 10.6. The second-order valence-electron chi connectivity index (χ2n) is 4.29. The van der Waals surface area contributed by atoms with Gasteiger partial charge in [-0.25, -0.2) is 0 Å². The number of hydrogen-bond donors (Lipinski definition) is 1. The Labute approximate surface area is 85.8 Å². The minimum absolute atomic E-state index is 0.225. The third-order valence-electron chi connectivity index (χ3n) is 2.16. The van der Waals surface area contributed by atoms with Gasteiger partial charge in [-0.2, -0.15) is 5.10 Å². The van der Waals surface area contributed by atoms with E-state index in [2.05, 4.69) is 18.9 Å². The molecule has 0 aliphatic carbocycles. The molecule has 0 fully saturated rings. The van der Waals surface area contributed by atoms with Crippen LogP contribution in [0.25, 0.3) is 0 Å². The summed E-state index contributed by atoms with van der Waals surface area (Å²) in [5.74, 6) is 0.611. The van der Waals surface area contributed by atoms with Gasteiger partial charge < -0.3 is 5.11 Å². The fourth-order valence-corrected chi connectivity index (χ4v) is 1.44. The topological polar surface area (TPSA) is 38.0 Å². The Morgan fingerprint density at radius 2 is 2.14 bits per heavy atom. The Kier molecular flexibility index (Phi) is 4.14. The van der Waals surface area contributed by atoms with Gasteiger partial charge in [0.15, 0.2) is 0 Å². The van der Waals surface area contributed by atoms with Crippen molar-refractivity contribution in [1.82, 2.24) is 9.78 Å². The maximum absolute atomic E-state index is 9.19. The van der Waals surface area contributed by atoms with Crippen molar-refractivity contribution in [3.8, 4) is 0 Å². The van der Waals surface area contributed by atoms with Crippen molar-refractivity contribution in [3.05, 3.63) is 18.0 Å². The first-order valence-corrected chi connectivity index (χ1v) is 5.28. The molecular weight excluding hydrogens is 176 g/mol. The summed E-state index contributed by atoms with van der Waals surface area (Å²) in [4.78, 5) is 0. The van der Waals surface area contributed by atoms with Crippen LogP contribution in [-0.4, -0.2) is 21.0 Å². The van der Waals surface area contributed by atoms with E-state index < -0.39 is 0 Å². The number of aliphatic hydroxyl groups is 1. The number of nitrogens with zero attached hydrogens (tertiary/aromatic N) is 2. The summed E-state index contributed by atoms with van der Waals surface area (Å²) >= 11 is 0.